The molecule has 14 heavy (non-hydrogen) atoms. The summed E-state index contributed by atoms with van der Waals surface area (Å²) in [6, 6.07) is 2.06. The van der Waals surface area contributed by atoms with Gasteiger partial charge in [0, 0.05) is 13.1 Å². The molecule has 1 rings (SSSR count). The minimum absolute atomic E-state index is 0.0156. The molecular formula is C9H13ClN2OS. The van der Waals surface area contributed by atoms with E-state index in [9.17, 15) is 4.79 Å². The fourth-order valence-corrected chi connectivity index (χ4v) is 1.99. The topological polar surface area (TPSA) is 41.1 Å². The Morgan fingerprint density at radius 3 is 2.93 bits per heavy atom. The third kappa shape index (κ3) is 3.29. The lowest BCUT2D eigenvalue weighted by Crippen LogP contribution is -2.32. The molecule has 0 spiro atoms. The van der Waals surface area contributed by atoms with E-state index in [1.807, 2.05) is 18.4 Å². The first-order valence-electron chi connectivity index (χ1n) is 4.31. The van der Waals surface area contributed by atoms with Crippen molar-refractivity contribution in [3.63, 3.8) is 0 Å². The van der Waals surface area contributed by atoms with Crippen LogP contribution in [-0.4, -0.2) is 19.5 Å². The smallest absolute Gasteiger partial charge is 0.233 e. The summed E-state index contributed by atoms with van der Waals surface area (Å²) in [6.07, 6.45) is 0. The molecule has 0 aliphatic rings. The van der Waals surface area contributed by atoms with E-state index in [2.05, 4.69) is 10.6 Å². The summed E-state index contributed by atoms with van der Waals surface area (Å²) in [5.74, 6) is -0.0156. The Bertz CT molecular complexity index is 314. The van der Waals surface area contributed by atoms with Crippen molar-refractivity contribution in [2.24, 2.45) is 0 Å². The van der Waals surface area contributed by atoms with Gasteiger partial charge in [-0.3, -0.25) is 4.79 Å². The summed E-state index contributed by atoms with van der Waals surface area (Å²) in [7, 11) is 1.62. The van der Waals surface area contributed by atoms with E-state index in [4.69, 9.17) is 11.6 Å². The zero-order valence-corrected chi connectivity index (χ0v) is 9.71. The summed E-state index contributed by atoms with van der Waals surface area (Å²) < 4.78 is 0.772. The molecule has 1 unspecified atom stereocenters. The SMILES string of the molecule is CNC(=O)CNC(C)c1csc(Cl)c1. The molecule has 0 aliphatic carbocycles. The van der Waals surface area contributed by atoms with E-state index < -0.39 is 0 Å². The number of nitrogens with one attached hydrogen (secondary N) is 2. The number of rotatable bonds is 4. The molecule has 1 aromatic heterocycles. The van der Waals surface area contributed by atoms with E-state index in [1.54, 1.807) is 7.05 Å². The highest BCUT2D eigenvalue weighted by atomic mass is 35.5. The Balaban J connectivity index is 2.42. The fourth-order valence-electron chi connectivity index (χ4n) is 1.00. The second kappa shape index (κ2) is 5.34. The van der Waals surface area contributed by atoms with Crippen molar-refractivity contribution in [3.05, 3.63) is 21.3 Å². The molecule has 0 fully saturated rings. The van der Waals surface area contributed by atoms with E-state index in [1.165, 1.54) is 11.3 Å². The van der Waals surface area contributed by atoms with Gasteiger partial charge in [0.25, 0.3) is 0 Å². The number of hydrogen-bond acceptors (Lipinski definition) is 3. The van der Waals surface area contributed by atoms with Crippen molar-refractivity contribution in [1.82, 2.24) is 10.6 Å². The van der Waals surface area contributed by atoms with Crippen LogP contribution >= 0.6 is 22.9 Å². The Labute approximate surface area is 92.5 Å². The average Bonchev–Trinajstić information content (AvgIpc) is 2.60. The van der Waals surface area contributed by atoms with Crippen LogP contribution in [-0.2, 0) is 4.79 Å². The molecule has 1 aromatic rings. The van der Waals surface area contributed by atoms with Crippen LogP contribution in [0.15, 0.2) is 11.4 Å². The van der Waals surface area contributed by atoms with Gasteiger partial charge in [-0.05, 0) is 23.9 Å². The molecule has 0 radical (unpaired) electrons. The summed E-state index contributed by atoms with van der Waals surface area (Å²) in [6.45, 7) is 2.33. The Morgan fingerprint density at radius 1 is 1.71 bits per heavy atom. The van der Waals surface area contributed by atoms with Gasteiger partial charge in [-0.15, -0.1) is 11.3 Å². The van der Waals surface area contributed by atoms with Gasteiger partial charge in [0.1, 0.15) is 0 Å². The van der Waals surface area contributed by atoms with E-state index in [-0.39, 0.29) is 11.9 Å². The van der Waals surface area contributed by atoms with Crippen LogP contribution in [0.5, 0.6) is 0 Å². The van der Waals surface area contributed by atoms with Crippen molar-refractivity contribution in [2.75, 3.05) is 13.6 Å². The highest BCUT2D eigenvalue weighted by Gasteiger charge is 2.08. The van der Waals surface area contributed by atoms with E-state index >= 15 is 0 Å². The normalized spacial score (nSPS) is 12.5. The van der Waals surface area contributed by atoms with Gasteiger partial charge in [0.05, 0.1) is 10.9 Å². The van der Waals surface area contributed by atoms with Gasteiger partial charge < -0.3 is 10.6 Å². The number of carbonyl (C=O) groups is 1. The molecule has 0 saturated carbocycles. The average molecular weight is 233 g/mol. The minimum Gasteiger partial charge on any atom is -0.358 e. The molecule has 78 valence electrons. The lowest BCUT2D eigenvalue weighted by Gasteiger charge is -2.10. The molecule has 1 amide bonds. The first kappa shape index (κ1) is 11.5. The highest BCUT2D eigenvalue weighted by molar-refractivity contribution is 7.14. The second-order valence-corrected chi connectivity index (χ2v) is 4.50. The Hall–Kier alpha value is -0.580. The third-order valence-corrected chi connectivity index (χ3v) is 3.04. The molecular weight excluding hydrogens is 220 g/mol. The summed E-state index contributed by atoms with van der Waals surface area (Å²) in [5, 5.41) is 7.64. The highest BCUT2D eigenvalue weighted by Crippen LogP contribution is 2.24. The third-order valence-electron chi connectivity index (χ3n) is 1.94. The van der Waals surface area contributed by atoms with Crippen molar-refractivity contribution in [3.8, 4) is 0 Å². The number of thiophene rings is 1. The maximum Gasteiger partial charge on any atom is 0.233 e. The molecule has 0 bridgehead atoms. The van der Waals surface area contributed by atoms with E-state index in [0.717, 1.165) is 9.90 Å². The van der Waals surface area contributed by atoms with Crippen molar-refractivity contribution in [2.45, 2.75) is 13.0 Å². The summed E-state index contributed by atoms with van der Waals surface area (Å²) in [4.78, 5) is 11.0. The van der Waals surface area contributed by atoms with Crippen LogP contribution in [0.25, 0.3) is 0 Å². The second-order valence-electron chi connectivity index (χ2n) is 2.96. The number of halogens is 1. The van der Waals surface area contributed by atoms with Crippen molar-refractivity contribution < 1.29 is 4.79 Å². The van der Waals surface area contributed by atoms with Crippen LogP contribution in [0.1, 0.15) is 18.5 Å². The summed E-state index contributed by atoms with van der Waals surface area (Å²) >= 11 is 7.30. The quantitative estimate of drug-likeness (QED) is 0.831. The van der Waals surface area contributed by atoms with Crippen LogP contribution in [0.4, 0.5) is 0 Å². The van der Waals surface area contributed by atoms with Crippen molar-refractivity contribution in [1.29, 1.82) is 0 Å². The van der Waals surface area contributed by atoms with Gasteiger partial charge in [0.2, 0.25) is 5.91 Å². The number of amides is 1. The molecule has 5 heteroatoms. The minimum atomic E-state index is -0.0156. The molecule has 1 heterocycles. The molecule has 2 N–H and O–H groups in total. The van der Waals surface area contributed by atoms with Crippen LogP contribution in [0.2, 0.25) is 4.34 Å². The largest absolute Gasteiger partial charge is 0.358 e. The fraction of sp³-hybridized carbons (Fsp3) is 0.444. The molecule has 3 nitrogen and oxygen atoms in total. The first-order chi connectivity index (χ1) is 6.63. The Kier molecular flexibility index (Phi) is 4.38. The lowest BCUT2D eigenvalue weighted by molar-refractivity contribution is -0.119. The standard InChI is InChI=1S/C9H13ClN2OS/c1-6(12-4-9(13)11-2)7-3-8(10)14-5-7/h3,5-6,12H,4H2,1-2H3,(H,11,13). The predicted octanol–water partition coefficient (Wildman–Crippen LogP) is 1.80. The monoisotopic (exact) mass is 232 g/mol. The maximum absolute atomic E-state index is 11.0. The molecule has 1 atom stereocenters. The van der Waals surface area contributed by atoms with Crippen LogP contribution < -0.4 is 10.6 Å². The predicted molar refractivity (Wildman–Crippen MR) is 59.8 cm³/mol. The van der Waals surface area contributed by atoms with Gasteiger partial charge in [-0.2, -0.15) is 0 Å². The molecule has 0 aliphatic heterocycles. The number of likely N-dealkylation sites (N-methyl/N-ethyl adjacent to an activating group) is 1. The zero-order valence-electron chi connectivity index (χ0n) is 8.13. The van der Waals surface area contributed by atoms with Gasteiger partial charge >= 0.3 is 0 Å². The van der Waals surface area contributed by atoms with Gasteiger partial charge in [-0.25, -0.2) is 0 Å². The van der Waals surface area contributed by atoms with Crippen molar-refractivity contribution >= 4 is 28.8 Å². The Morgan fingerprint density at radius 2 is 2.43 bits per heavy atom. The lowest BCUT2D eigenvalue weighted by atomic mass is 10.2. The molecule has 0 saturated heterocycles. The summed E-state index contributed by atoms with van der Waals surface area (Å²) in [5.41, 5.74) is 1.11. The van der Waals surface area contributed by atoms with Gasteiger partial charge in [0.15, 0.2) is 0 Å². The zero-order chi connectivity index (χ0) is 10.6. The number of carbonyl (C=O) groups excluding carboxylic acids is 1. The van der Waals surface area contributed by atoms with Crippen LogP contribution in [0.3, 0.4) is 0 Å². The van der Waals surface area contributed by atoms with Gasteiger partial charge in [-0.1, -0.05) is 11.6 Å². The molecule has 0 aromatic carbocycles. The number of hydrogen-bond donors (Lipinski definition) is 2. The van der Waals surface area contributed by atoms with E-state index in [0.29, 0.717) is 6.54 Å². The van der Waals surface area contributed by atoms with Crippen LogP contribution in [0, 0.1) is 0 Å². The first-order valence-corrected chi connectivity index (χ1v) is 5.57. The maximum atomic E-state index is 11.0.